The first-order chi connectivity index (χ1) is 33.0. The Morgan fingerprint density at radius 2 is 0.836 bits per heavy atom. The Kier molecular flexibility index (Phi) is 16.5. The maximum absolute atomic E-state index is 15.6. The molecule has 1 aliphatic heterocycles. The van der Waals surface area contributed by atoms with Crippen molar-refractivity contribution in [2.45, 2.75) is 55.9 Å². The molecule has 7 aromatic rings. The Bertz CT molecular complexity index is 2400. The monoisotopic (exact) mass is 896 g/mol. The van der Waals surface area contributed by atoms with E-state index < -0.39 is 36.1 Å². The molecule has 0 bridgehead atoms. The van der Waals surface area contributed by atoms with Crippen molar-refractivity contribution in [1.29, 1.82) is 0 Å². The van der Waals surface area contributed by atoms with Gasteiger partial charge in [-0.1, -0.05) is 212 Å². The van der Waals surface area contributed by atoms with Gasteiger partial charge in [-0.25, -0.2) is 0 Å². The van der Waals surface area contributed by atoms with E-state index >= 15 is 4.79 Å². The van der Waals surface area contributed by atoms with E-state index in [1.165, 1.54) is 0 Å². The highest BCUT2D eigenvalue weighted by Gasteiger charge is 2.51. The Labute approximate surface area is 394 Å². The number of hydrogen-bond donors (Lipinski definition) is 2. The molecule has 1 heterocycles. The summed E-state index contributed by atoms with van der Waals surface area (Å²) in [6.07, 6.45) is -3.83. The van der Waals surface area contributed by atoms with Gasteiger partial charge in [0.25, 0.3) is 5.91 Å². The third-order valence-electron chi connectivity index (χ3n) is 12.6. The van der Waals surface area contributed by atoms with Gasteiger partial charge >= 0.3 is 0 Å². The van der Waals surface area contributed by atoms with E-state index in [-0.39, 0.29) is 38.9 Å². The number of hydrogen-bond acceptors (Lipinski definition) is 8. The fourth-order valence-corrected chi connectivity index (χ4v) is 9.15. The van der Waals surface area contributed by atoms with Crippen LogP contribution in [0.15, 0.2) is 212 Å². The van der Waals surface area contributed by atoms with Gasteiger partial charge in [-0.3, -0.25) is 9.69 Å². The molecule has 1 amide bonds. The lowest BCUT2D eigenvalue weighted by atomic mass is 9.75. The molecule has 2 N–H and O–H groups in total. The minimum absolute atomic E-state index is 0.0521. The topological polar surface area (TPSA) is 101 Å². The predicted molar refractivity (Wildman–Crippen MR) is 261 cm³/mol. The second kappa shape index (κ2) is 23.5. The molecule has 0 spiro atoms. The average molecular weight is 897 g/mol. The molecule has 8 rings (SSSR count). The minimum atomic E-state index is -2.04. The van der Waals surface area contributed by atoms with Crippen molar-refractivity contribution in [3.63, 3.8) is 0 Å². The smallest absolute Gasteiger partial charge is 0.254 e. The Hall–Kier alpha value is -6.27. The van der Waals surface area contributed by atoms with E-state index in [4.69, 9.17) is 18.9 Å². The average Bonchev–Trinajstić information content (AvgIpc) is 3.40. The summed E-state index contributed by atoms with van der Waals surface area (Å²) in [7, 11) is 0. The van der Waals surface area contributed by atoms with Crippen molar-refractivity contribution in [3.8, 4) is 0 Å². The third kappa shape index (κ3) is 11.6. The second-order valence-electron chi connectivity index (χ2n) is 17.1. The predicted octanol–water partition coefficient (Wildman–Crippen LogP) is 8.82. The quantitative estimate of drug-likeness (QED) is 0.0652. The molecule has 0 aliphatic carbocycles. The van der Waals surface area contributed by atoms with Crippen LogP contribution in [0.1, 0.15) is 38.9 Å². The van der Waals surface area contributed by atoms with E-state index in [0.29, 0.717) is 26.2 Å². The van der Waals surface area contributed by atoms with Crippen LogP contribution in [0.4, 0.5) is 0 Å². The molecule has 9 nitrogen and oxygen atoms in total. The van der Waals surface area contributed by atoms with Crippen molar-refractivity contribution in [1.82, 2.24) is 9.80 Å². The SMILES string of the molecule is O=C([C@H](OCc1ccccc1)[C@@H](OCc1ccccc1)[C@H](OCc1ccccc1)[C@@](O)(CO)COCc1ccccc1)N1CCN(C(c2ccccc2)(c2ccccc2)c2ccccc2)CC1. The molecule has 1 saturated heterocycles. The van der Waals surface area contributed by atoms with Crippen molar-refractivity contribution >= 4 is 5.91 Å². The number of piperazine rings is 1. The fourth-order valence-electron chi connectivity index (χ4n) is 9.15. The van der Waals surface area contributed by atoms with E-state index in [1.54, 1.807) is 0 Å². The number of carbonyl (C=O) groups is 1. The van der Waals surface area contributed by atoms with Gasteiger partial charge in [0.2, 0.25) is 0 Å². The summed E-state index contributed by atoms with van der Waals surface area (Å²) in [4.78, 5) is 19.9. The molecule has 67 heavy (non-hydrogen) atoms. The number of aliphatic hydroxyl groups is 2. The zero-order valence-electron chi connectivity index (χ0n) is 37.8. The zero-order chi connectivity index (χ0) is 46.2. The number of rotatable bonds is 22. The summed E-state index contributed by atoms with van der Waals surface area (Å²) in [5, 5.41) is 24.0. The third-order valence-corrected chi connectivity index (χ3v) is 12.6. The zero-order valence-corrected chi connectivity index (χ0v) is 37.8. The maximum atomic E-state index is 15.6. The van der Waals surface area contributed by atoms with Crippen LogP contribution in [0.3, 0.4) is 0 Å². The van der Waals surface area contributed by atoms with E-state index in [1.807, 2.05) is 144 Å². The van der Waals surface area contributed by atoms with E-state index in [2.05, 4.69) is 77.7 Å². The number of ether oxygens (including phenoxy) is 4. The van der Waals surface area contributed by atoms with Gasteiger partial charge < -0.3 is 34.1 Å². The van der Waals surface area contributed by atoms with Crippen LogP contribution < -0.4 is 0 Å². The summed E-state index contributed by atoms with van der Waals surface area (Å²) in [6.45, 7) is 1.15. The van der Waals surface area contributed by atoms with Gasteiger partial charge in [-0.05, 0) is 38.9 Å². The molecule has 0 radical (unpaired) electrons. The van der Waals surface area contributed by atoms with Crippen LogP contribution in [-0.4, -0.2) is 89.2 Å². The highest BCUT2D eigenvalue weighted by atomic mass is 16.6. The largest absolute Gasteiger partial charge is 0.393 e. The van der Waals surface area contributed by atoms with Crippen LogP contribution in [0, 0.1) is 0 Å². The molecule has 0 saturated carbocycles. The lowest BCUT2D eigenvalue weighted by Gasteiger charge is -2.49. The molecule has 0 unspecified atom stereocenters. The number of aliphatic hydroxyl groups excluding tert-OH is 1. The van der Waals surface area contributed by atoms with Crippen LogP contribution >= 0.6 is 0 Å². The van der Waals surface area contributed by atoms with Crippen molar-refractivity contribution in [2.24, 2.45) is 0 Å². The number of benzene rings is 7. The fraction of sp³-hybridized carbons (Fsp3) is 0.259. The number of amides is 1. The lowest BCUT2D eigenvalue weighted by Crippen LogP contribution is -2.64. The number of nitrogens with zero attached hydrogens (tertiary/aromatic N) is 2. The molecule has 1 fully saturated rings. The first kappa shape index (κ1) is 47.2. The van der Waals surface area contributed by atoms with Gasteiger partial charge in [0.05, 0.1) is 45.2 Å². The van der Waals surface area contributed by atoms with Gasteiger partial charge in [-0.2, -0.15) is 0 Å². The Morgan fingerprint density at radius 1 is 0.478 bits per heavy atom. The molecule has 9 heteroatoms. The Morgan fingerprint density at radius 3 is 1.24 bits per heavy atom. The molecular formula is C58H60N2O7. The molecule has 4 atom stereocenters. The summed E-state index contributed by atoms with van der Waals surface area (Å²) in [6, 6.07) is 70.2. The highest BCUT2D eigenvalue weighted by molar-refractivity contribution is 5.82. The molecule has 1 aliphatic rings. The molecule has 0 aromatic heterocycles. The standard InChI is InChI=1S/C58H60N2O7/c61-44-57(63,45-64-40-46-22-8-1-9-23-46)55(67-43-49-28-14-4-15-29-49)53(65-41-47-24-10-2-11-25-47)54(66-42-48-26-12-3-13-27-48)56(62)59-36-38-60(39-37-59)58(50-30-16-5-17-31-50,51-32-18-6-19-33-51)52-34-20-7-21-35-52/h1-35,53-55,61,63H,36-45H2/t53-,54-,55+,57-/m1/s1. The highest BCUT2D eigenvalue weighted by Crippen LogP contribution is 2.43. The van der Waals surface area contributed by atoms with Crippen LogP contribution in [0.25, 0.3) is 0 Å². The van der Waals surface area contributed by atoms with Gasteiger partial charge in [0.15, 0.2) is 6.10 Å². The Balaban J connectivity index is 1.16. The first-order valence-corrected chi connectivity index (χ1v) is 23.1. The van der Waals surface area contributed by atoms with E-state index in [9.17, 15) is 10.2 Å². The molecule has 7 aromatic carbocycles. The summed E-state index contributed by atoms with van der Waals surface area (Å²) >= 11 is 0. The first-order valence-electron chi connectivity index (χ1n) is 23.1. The van der Waals surface area contributed by atoms with Crippen molar-refractivity contribution in [3.05, 3.63) is 251 Å². The van der Waals surface area contributed by atoms with Gasteiger partial charge in [0.1, 0.15) is 17.8 Å². The van der Waals surface area contributed by atoms with Gasteiger partial charge in [-0.15, -0.1) is 0 Å². The second-order valence-corrected chi connectivity index (χ2v) is 17.1. The van der Waals surface area contributed by atoms with E-state index in [0.717, 1.165) is 38.9 Å². The maximum Gasteiger partial charge on any atom is 0.254 e. The number of carbonyl (C=O) groups excluding carboxylic acids is 1. The van der Waals surface area contributed by atoms with Crippen molar-refractivity contribution in [2.75, 3.05) is 39.4 Å². The molecular weight excluding hydrogens is 837 g/mol. The molecule has 344 valence electrons. The normalized spacial score (nSPS) is 15.6. The van der Waals surface area contributed by atoms with Crippen LogP contribution in [0.2, 0.25) is 0 Å². The van der Waals surface area contributed by atoms with Crippen LogP contribution in [-0.2, 0) is 55.7 Å². The summed E-state index contributed by atoms with van der Waals surface area (Å²) in [5.41, 5.74) is 4.12. The van der Waals surface area contributed by atoms with Crippen LogP contribution in [0.5, 0.6) is 0 Å². The van der Waals surface area contributed by atoms with Crippen molar-refractivity contribution < 1.29 is 34.0 Å². The minimum Gasteiger partial charge on any atom is -0.393 e. The summed E-state index contributed by atoms with van der Waals surface area (Å²) < 4.78 is 26.6. The summed E-state index contributed by atoms with van der Waals surface area (Å²) in [5.74, 6) is -0.308. The lowest BCUT2D eigenvalue weighted by molar-refractivity contribution is -0.233. The van der Waals surface area contributed by atoms with Gasteiger partial charge in [0, 0.05) is 26.2 Å².